The fourth-order valence-electron chi connectivity index (χ4n) is 3.85. The van der Waals surface area contributed by atoms with E-state index < -0.39 is 0 Å². The standard InChI is InChI=1S/C25H29N3O3/c1-5-30-21-8-6-7-17(13-21)15-28-16-19(14-22(28)29)23-26-24(31-27-23)18-9-11-20(12-10-18)25(2,3)4/h6-13,19H,5,14-16H2,1-4H3. The average Bonchev–Trinajstić information content (AvgIpc) is 3.36. The second-order valence-corrected chi connectivity index (χ2v) is 9.04. The largest absolute Gasteiger partial charge is 0.494 e. The fourth-order valence-corrected chi connectivity index (χ4v) is 3.85. The Bertz CT molecular complexity index is 1050. The van der Waals surface area contributed by atoms with Gasteiger partial charge in [0, 0.05) is 31.0 Å². The summed E-state index contributed by atoms with van der Waals surface area (Å²) in [6.45, 7) is 10.3. The van der Waals surface area contributed by atoms with E-state index in [4.69, 9.17) is 9.26 Å². The molecule has 1 aliphatic rings. The van der Waals surface area contributed by atoms with E-state index in [0.717, 1.165) is 16.9 Å². The van der Waals surface area contributed by atoms with Crippen LogP contribution in [0.5, 0.6) is 5.75 Å². The maximum atomic E-state index is 12.6. The molecule has 0 aliphatic carbocycles. The van der Waals surface area contributed by atoms with Gasteiger partial charge in [-0.25, -0.2) is 0 Å². The van der Waals surface area contributed by atoms with Crippen molar-refractivity contribution in [3.63, 3.8) is 0 Å². The number of rotatable bonds is 6. The van der Waals surface area contributed by atoms with E-state index in [2.05, 4.69) is 43.0 Å². The molecule has 1 aliphatic heterocycles. The number of nitrogens with zero attached hydrogens (tertiary/aromatic N) is 3. The van der Waals surface area contributed by atoms with Crippen molar-refractivity contribution in [3.05, 3.63) is 65.5 Å². The van der Waals surface area contributed by atoms with Gasteiger partial charge in [0.25, 0.3) is 5.89 Å². The molecule has 162 valence electrons. The van der Waals surface area contributed by atoms with Crippen molar-refractivity contribution in [2.24, 2.45) is 0 Å². The second kappa shape index (κ2) is 8.53. The van der Waals surface area contributed by atoms with Crippen LogP contribution in [0.2, 0.25) is 0 Å². The molecule has 1 saturated heterocycles. The monoisotopic (exact) mass is 419 g/mol. The van der Waals surface area contributed by atoms with E-state index in [-0.39, 0.29) is 17.2 Å². The Kier molecular flexibility index (Phi) is 5.81. The van der Waals surface area contributed by atoms with Crippen molar-refractivity contribution >= 4 is 5.91 Å². The van der Waals surface area contributed by atoms with Crippen LogP contribution in [0.25, 0.3) is 11.5 Å². The molecule has 0 spiro atoms. The van der Waals surface area contributed by atoms with Crippen LogP contribution in [-0.2, 0) is 16.8 Å². The van der Waals surface area contributed by atoms with Gasteiger partial charge >= 0.3 is 0 Å². The summed E-state index contributed by atoms with van der Waals surface area (Å²) in [5.74, 6) is 1.95. The Morgan fingerprint density at radius 2 is 1.94 bits per heavy atom. The van der Waals surface area contributed by atoms with Crippen molar-refractivity contribution < 1.29 is 14.1 Å². The van der Waals surface area contributed by atoms with Gasteiger partial charge in [-0.05, 0) is 47.7 Å². The number of carbonyl (C=O) groups is 1. The Morgan fingerprint density at radius 1 is 1.16 bits per heavy atom. The van der Waals surface area contributed by atoms with Gasteiger partial charge in [0.2, 0.25) is 5.91 Å². The number of benzene rings is 2. The zero-order chi connectivity index (χ0) is 22.0. The van der Waals surface area contributed by atoms with Gasteiger partial charge in [0.1, 0.15) is 5.75 Å². The van der Waals surface area contributed by atoms with Gasteiger partial charge in [-0.1, -0.05) is 50.2 Å². The fraction of sp³-hybridized carbons (Fsp3) is 0.400. The van der Waals surface area contributed by atoms with Gasteiger partial charge in [0.15, 0.2) is 5.82 Å². The molecule has 6 nitrogen and oxygen atoms in total. The third kappa shape index (κ3) is 4.79. The molecule has 4 rings (SSSR count). The lowest BCUT2D eigenvalue weighted by Crippen LogP contribution is -2.24. The maximum Gasteiger partial charge on any atom is 0.257 e. The predicted octanol–water partition coefficient (Wildman–Crippen LogP) is 4.95. The molecule has 3 aromatic rings. The first-order chi connectivity index (χ1) is 14.8. The van der Waals surface area contributed by atoms with E-state index >= 15 is 0 Å². The molecule has 1 unspecified atom stereocenters. The molecule has 2 aromatic carbocycles. The highest BCUT2D eigenvalue weighted by Gasteiger charge is 2.33. The lowest BCUT2D eigenvalue weighted by Gasteiger charge is -2.18. The van der Waals surface area contributed by atoms with Crippen LogP contribution in [0.15, 0.2) is 53.1 Å². The Balaban J connectivity index is 1.44. The highest BCUT2D eigenvalue weighted by atomic mass is 16.5. The van der Waals surface area contributed by atoms with E-state index in [1.807, 2.05) is 48.2 Å². The van der Waals surface area contributed by atoms with E-state index in [1.54, 1.807) is 0 Å². The first-order valence-electron chi connectivity index (χ1n) is 10.8. The third-order valence-corrected chi connectivity index (χ3v) is 5.60. The highest BCUT2D eigenvalue weighted by Crippen LogP contribution is 2.30. The summed E-state index contributed by atoms with van der Waals surface area (Å²) in [6, 6.07) is 16.1. The first-order valence-corrected chi connectivity index (χ1v) is 10.8. The summed E-state index contributed by atoms with van der Waals surface area (Å²) in [4.78, 5) is 19.0. The van der Waals surface area contributed by atoms with Crippen molar-refractivity contribution in [2.45, 2.75) is 52.0 Å². The third-order valence-electron chi connectivity index (χ3n) is 5.60. The first kappa shape index (κ1) is 21.1. The normalized spacial score (nSPS) is 16.7. The van der Waals surface area contributed by atoms with Gasteiger partial charge in [0.05, 0.1) is 6.61 Å². The number of ether oxygens (including phenoxy) is 1. The number of hydrogen-bond acceptors (Lipinski definition) is 5. The van der Waals surface area contributed by atoms with Crippen LogP contribution < -0.4 is 4.74 Å². The lowest BCUT2D eigenvalue weighted by atomic mass is 9.87. The second-order valence-electron chi connectivity index (χ2n) is 9.04. The zero-order valence-corrected chi connectivity index (χ0v) is 18.6. The molecule has 0 bridgehead atoms. The molecule has 1 atom stereocenters. The molecule has 2 heterocycles. The van der Waals surface area contributed by atoms with Crippen LogP contribution in [0.4, 0.5) is 0 Å². The van der Waals surface area contributed by atoms with Crippen molar-refractivity contribution in [3.8, 4) is 17.2 Å². The van der Waals surface area contributed by atoms with Crippen molar-refractivity contribution in [1.29, 1.82) is 0 Å². The van der Waals surface area contributed by atoms with Crippen LogP contribution in [-0.4, -0.2) is 34.1 Å². The number of carbonyl (C=O) groups excluding carboxylic acids is 1. The minimum absolute atomic E-state index is 0.0612. The molecular formula is C25H29N3O3. The van der Waals surface area contributed by atoms with Gasteiger partial charge in [-0.15, -0.1) is 0 Å². The number of amides is 1. The van der Waals surface area contributed by atoms with Crippen molar-refractivity contribution in [1.82, 2.24) is 15.0 Å². The molecule has 31 heavy (non-hydrogen) atoms. The highest BCUT2D eigenvalue weighted by molar-refractivity contribution is 5.79. The summed E-state index contributed by atoms with van der Waals surface area (Å²) in [5.41, 5.74) is 3.28. The molecule has 1 amide bonds. The van der Waals surface area contributed by atoms with E-state index in [9.17, 15) is 4.79 Å². The van der Waals surface area contributed by atoms with Crippen LogP contribution >= 0.6 is 0 Å². The molecule has 0 N–H and O–H groups in total. The Labute approximate surface area is 183 Å². The van der Waals surface area contributed by atoms with Crippen LogP contribution in [0, 0.1) is 0 Å². The van der Waals surface area contributed by atoms with E-state index in [0.29, 0.717) is 37.8 Å². The van der Waals surface area contributed by atoms with Crippen LogP contribution in [0.1, 0.15) is 57.0 Å². The summed E-state index contributed by atoms with van der Waals surface area (Å²) in [5, 5.41) is 4.18. The summed E-state index contributed by atoms with van der Waals surface area (Å²) in [6.07, 6.45) is 0.396. The Morgan fingerprint density at radius 3 is 2.65 bits per heavy atom. The molecule has 6 heteroatoms. The van der Waals surface area contributed by atoms with Gasteiger partial charge in [-0.2, -0.15) is 4.98 Å². The summed E-state index contributed by atoms with van der Waals surface area (Å²) in [7, 11) is 0. The lowest BCUT2D eigenvalue weighted by molar-refractivity contribution is -0.128. The van der Waals surface area contributed by atoms with E-state index in [1.165, 1.54) is 5.56 Å². The smallest absolute Gasteiger partial charge is 0.257 e. The molecule has 1 fully saturated rings. The summed E-state index contributed by atoms with van der Waals surface area (Å²) < 4.78 is 11.1. The summed E-state index contributed by atoms with van der Waals surface area (Å²) >= 11 is 0. The van der Waals surface area contributed by atoms with Crippen molar-refractivity contribution in [2.75, 3.05) is 13.2 Å². The average molecular weight is 420 g/mol. The molecule has 0 saturated carbocycles. The number of aromatic nitrogens is 2. The topological polar surface area (TPSA) is 68.5 Å². The van der Waals surface area contributed by atoms with Gasteiger partial charge < -0.3 is 14.2 Å². The SMILES string of the molecule is CCOc1cccc(CN2CC(c3noc(-c4ccc(C(C)(C)C)cc4)n3)CC2=O)c1. The number of hydrogen-bond donors (Lipinski definition) is 0. The van der Waals surface area contributed by atoms with Gasteiger partial charge in [-0.3, -0.25) is 4.79 Å². The molecule has 1 aromatic heterocycles. The molecule has 0 radical (unpaired) electrons. The minimum atomic E-state index is -0.0612. The molecular weight excluding hydrogens is 390 g/mol. The van der Waals surface area contributed by atoms with Crippen LogP contribution in [0.3, 0.4) is 0 Å². The quantitative estimate of drug-likeness (QED) is 0.565. The number of likely N-dealkylation sites (tertiary alicyclic amines) is 1. The predicted molar refractivity (Wildman–Crippen MR) is 119 cm³/mol. The Hall–Kier alpha value is -3.15. The maximum absolute atomic E-state index is 12.6. The minimum Gasteiger partial charge on any atom is -0.494 e. The zero-order valence-electron chi connectivity index (χ0n) is 18.6.